The number of para-hydroxylation sites is 1. The van der Waals surface area contributed by atoms with Crippen LogP contribution < -0.4 is 14.9 Å². The van der Waals surface area contributed by atoms with Crippen LogP contribution in [0.5, 0.6) is 11.5 Å². The number of amides is 1. The van der Waals surface area contributed by atoms with Crippen LogP contribution >= 0.6 is 31.9 Å². The highest BCUT2D eigenvalue weighted by Gasteiger charge is 2.21. The van der Waals surface area contributed by atoms with E-state index in [9.17, 15) is 9.59 Å². The van der Waals surface area contributed by atoms with Crippen LogP contribution in [0.1, 0.15) is 32.0 Å². The molecule has 9 heteroatoms. The summed E-state index contributed by atoms with van der Waals surface area (Å²) in [6.45, 7) is 1.90. The molecule has 1 heterocycles. The van der Waals surface area contributed by atoms with Gasteiger partial charge in [0.25, 0.3) is 5.91 Å². The SMILES string of the molecule is COc1cccc2c(-c3ccccc3)c(C(=O)NN=Cc3cc(Br)cc(Br)c3OC(=O)c3cccc(C)c3)[nH]c12. The van der Waals surface area contributed by atoms with Crippen LogP contribution in [0.4, 0.5) is 0 Å². The minimum absolute atomic E-state index is 0.271. The number of carbonyl (C=O) groups is 2. The molecule has 4 aromatic carbocycles. The molecule has 0 fully saturated rings. The van der Waals surface area contributed by atoms with Gasteiger partial charge in [0, 0.05) is 21.0 Å². The van der Waals surface area contributed by atoms with E-state index in [1.807, 2.05) is 61.5 Å². The standard InChI is InChI=1S/C31H23Br2N3O4/c1-18-8-6-11-20(14-18)31(38)40-29-21(15-22(32)16-24(29)33)17-34-36-30(37)28-26(19-9-4-3-5-10-19)23-12-7-13-25(39-2)27(23)35-28/h3-17,35H,1-2H3,(H,36,37). The smallest absolute Gasteiger partial charge is 0.343 e. The number of H-pyrrole nitrogens is 1. The number of esters is 1. The van der Waals surface area contributed by atoms with Gasteiger partial charge in [0.2, 0.25) is 0 Å². The van der Waals surface area contributed by atoms with Gasteiger partial charge in [0.1, 0.15) is 11.4 Å². The maximum absolute atomic E-state index is 13.4. The molecule has 0 atom stereocenters. The summed E-state index contributed by atoms with van der Waals surface area (Å²) in [4.78, 5) is 29.5. The number of rotatable bonds is 7. The molecule has 0 saturated carbocycles. The molecule has 1 amide bonds. The molecule has 7 nitrogen and oxygen atoms in total. The second-order valence-electron chi connectivity index (χ2n) is 8.89. The third kappa shape index (κ3) is 5.71. The van der Waals surface area contributed by atoms with Crippen molar-refractivity contribution in [2.75, 3.05) is 7.11 Å². The molecule has 40 heavy (non-hydrogen) atoms. The van der Waals surface area contributed by atoms with Crippen molar-refractivity contribution in [1.29, 1.82) is 0 Å². The number of halogens is 2. The van der Waals surface area contributed by atoms with E-state index in [4.69, 9.17) is 9.47 Å². The Kier molecular flexibility index (Phi) is 8.14. The fourth-order valence-corrected chi connectivity index (χ4v) is 5.70. The van der Waals surface area contributed by atoms with Gasteiger partial charge in [-0.25, -0.2) is 10.2 Å². The Hall–Kier alpha value is -4.21. The number of hydrogen-bond acceptors (Lipinski definition) is 5. The third-order valence-electron chi connectivity index (χ3n) is 6.16. The molecule has 0 unspecified atom stereocenters. The van der Waals surface area contributed by atoms with Crippen LogP contribution in [0.25, 0.3) is 22.0 Å². The second-order valence-corrected chi connectivity index (χ2v) is 10.7. The minimum atomic E-state index is -0.509. The number of aromatic nitrogens is 1. The van der Waals surface area contributed by atoms with E-state index in [1.165, 1.54) is 6.21 Å². The van der Waals surface area contributed by atoms with Crippen molar-refractivity contribution < 1.29 is 19.1 Å². The summed E-state index contributed by atoms with van der Waals surface area (Å²) >= 11 is 6.92. The zero-order chi connectivity index (χ0) is 28.2. The average molecular weight is 661 g/mol. The van der Waals surface area contributed by atoms with Crippen LogP contribution in [-0.2, 0) is 0 Å². The van der Waals surface area contributed by atoms with E-state index < -0.39 is 11.9 Å². The number of nitrogens with zero attached hydrogens (tertiary/aromatic N) is 1. The summed E-state index contributed by atoms with van der Waals surface area (Å²) < 4.78 is 12.5. The number of fused-ring (bicyclic) bond motifs is 1. The Morgan fingerprint density at radius 1 is 0.950 bits per heavy atom. The van der Waals surface area contributed by atoms with E-state index in [0.29, 0.717) is 32.6 Å². The predicted molar refractivity (Wildman–Crippen MR) is 163 cm³/mol. The highest BCUT2D eigenvalue weighted by Crippen LogP contribution is 2.37. The summed E-state index contributed by atoms with van der Waals surface area (Å²) in [7, 11) is 1.58. The first kappa shape index (κ1) is 27.4. The van der Waals surface area contributed by atoms with Crippen molar-refractivity contribution in [3.05, 3.63) is 116 Å². The molecule has 0 radical (unpaired) electrons. The van der Waals surface area contributed by atoms with Crippen molar-refractivity contribution in [3.63, 3.8) is 0 Å². The Balaban J connectivity index is 1.46. The van der Waals surface area contributed by atoms with Gasteiger partial charge in [-0.15, -0.1) is 0 Å². The summed E-state index contributed by atoms with van der Waals surface area (Å²) in [5.74, 6) is -0.0602. The number of hydrazone groups is 1. The van der Waals surface area contributed by atoms with Crippen LogP contribution in [-0.4, -0.2) is 30.2 Å². The fourth-order valence-electron chi connectivity index (χ4n) is 4.36. The van der Waals surface area contributed by atoms with Crippen molar-refractivity contribution in [2.24, 2.45) is 5.10 Å². The fraction of sp³-hybridized carbons (Fsp3) is 0.0645. The lowest BCUT2D eigenvalue weighted by Gasteiger charge is -2.11. The normalized spacial score (nSPS) is 11.1. The summed E-state index contributed by atoms with van der Waals surface area (Å²) in [5, 5.41) is 5.04. The van der Waals surface area contributed by atoms with E-state index >= 15 is 0 Å². The van der Waals surface area contributed by atoms with E-state index in [1.54, 1.807) is 37.4 Å². The highest BCUT2D eigenvalue weighted by atomic mass is 79.9. The number of hydrogen-bond donors (Lipinski definition) is 2. The highest BCUT2D eigenvalue weighted by molar-refractivity contribution is 9.11. The number of carbonyl (C=O) groups excluding carboxylic acids is 2. The predicted octanol–water partition coefficient (Wildman–Crippen LogP) is 7.66. The summed E-state index contributed by atoms with van der Waals surface area (Å²) in [6.07, 6.45) is 1.43. The molecule has 5 aromatic rings. The van der Waals surface area contributed by atoms with Gasteiger partial charge in [-0.3, -0.25) is 4.79 Å². The minimum Gasteiger partial charge on any atom is -0.495 e. The molecule has 0 aliphatic heterocycles. The first-order valence-electron chi connectivity index (χ1n) is 12.2. The molecular formula is C31H23Br2N3O4. The molecule has 200 valence electrons. The van der Waals surface area contributed by atoms with Gasteiger partial charge >= 0.3 is 5.97 Å². The van der Waals surface area contributed by atoms with Gasteiger partial charge in [0.05, 0.1) is 28.9 Å². The van der Waals surface area contributed by atoms with Crippen LogP contribution in [0, 0.1) is 6.92 Å². The number of benzene rings is 4. The van der Waals surface area contributed by atoms with E-state index in [2.05, 4.69) is 47.4 Å². The number of nitrogens with one attached hydrogen (secondary N) is 2. The Morgan fingerprint density at radius 2 is 1.73 bits per heavy atom. The monoisotopic (exact) mass is 659 g/mol. The summed E-state index contributed by atoms with van der Waals surface area (Å²) in [5.41, 5.74) is 7.10. The first-order chi connectivity index (χ1) is 19.4. The molecule has 1 aromatic heterocycles. The number of methoxy groups -OCH3 is 1. The van der Waals surface area contributed by atoms with Crippen LogP contribution in [0.15, 0.2) is 99.0 Å². The molecule has 0 bridgehead atoms. The van der Waals surface area contributed by atoms with Gasteiger partial charge in [0.15, 0.2) is 5.75 Å². The zero-order valence-electron chi connectivity index (χ0n) is 21.5. The van der Waals surface area contributed by atoms with Crippen molar-refractivity contribution >= 4 is 60.9 Å². The first-order valence-corrected chi connectivity index (χ1v) is 13.8. The van der Waals surface area contributed by atoms with Gasteiger partial charge in [-0.2, -0.15) is 5.10 Å². The lowest BCUT2D eigenvalue weighted by molar-refractivity contribution is 0.0732. The second kappa shape index (κ2) is 11.9. The quantitative estimate of drug-likeness (QED) is 0.0811. The van der Waals surface area contributed by atoms with Crippen molar-refractivity contribution in [3.8, 4) is 22.6 Å². The molecule has 5 rings (SSSR count). The number of aryl methyl sites for hydroxylation is 1. The van der Waals surface area contributed by atoms with Crippen molar-refractivity contribution in [2.45, 2.75) is 6.92 Å². The van der Waals surface area contributed by atoms with Crippen LogP contribution in [0.2, 0.25) is 0 Å². The maximum atomic E-state index is 13.4. The number of aromatic amines is 1. The lowest BCUT2D eigenvalue weighted by atomic mass is 10.0. The molecule has 0 saturated heterocycles. The Labute approximate surface area is 247 Å². The molecule has 0 aliphatic rings. The summed E-state index contributed by atoms with van der Waals surface area (Å²) in [6, 6.07) is 25.9. The third-order valence-corrected chi connectivity index (χ3v) is 7.21. The zero-order valence-corrected chi connectivity index (χ0v) is 24.7. The van der Waals surface area contributed by atoms with E-state index in [0.717, 1.165) is 26.5 Å². The largest absolute Gasteiger partial charge is 0.495 e. The van der Waals surface area contributed by atoms with Gasteiger partial charge in [-0.05, 0) is 58.7 Å². The topological polar surface area (TPSA) is 92.8 Å². The molecular weight excluding hydrogens is 638 g/mol. The Bertz CT molecular complexity index is 1760. The molecule has 0 aliphatic carbocycles. The molecule has 2 N–H and O–H groups in total. The van der Waals surface area contributed by atoms with Crippen LogP contribution in [0.3, 0.4) is 0 Å². The van der Waals surface area contributed by atoms with E-state index in [-0.39, 0.29) is 5.75 Å². The van der Waals surface area contributed by atoms with Gasteiger partial charge < -0.3 is 14.5 Å². The molecule has 0 spiro atoms. The Morgan fingerprint density at radius 3 is 2.48 bits per heavy atom. The maximum Gasteiger partial charge on any atom is 0.343 e. The number of ether oxygens (including phenoxy) is 2. The lowest BCUT2D eigenvalue weighted by Crippen LogP contribution is -2.19. The average Bonchev–Trinajstić information content (AvgIpc) is 3.35. The van der Waals surface area contributed by atoms with Gasteiger partial charge in [-0.1, -0.05) is 76.1 Å². The van der Waals surface area contributed by atoms with Crippen molar-refractivity contribution in [1.82, 2.24) is 10.4 Å².